The van der Waals surface area contributed by atoms with E-state index in [0.717, 1.165) is 40.5 Å². The summed E-state index contributed by atoms with van der Waals surface area (Å²) in [6.07, 6.45) is 2.13. The van der Waals surface area contributed by atoms with E-state index in [2.05, 4.69) is 14.9 Å². The lowest BCUT2D eigenvalue weighted by molar-refractivity contribution is 0.0578. The topological polar surface area (TPSA) is 70.7 Å². The van der Waals surface area contributed by atoms with E-state index in [1.54, 1.807) is 18.2 Å². The third-order valence-corrected chi connectivity index (χ3v) is 4.55. The minimum absolute atomic E-state index is 0.390. The molecule has 0 atom stereocenters. The second kappa shape index (κ2) is 8.29. The lowest BCUT2D eigenvalue weighted by atomic mass is 10.1. The lowest BCUT2D eigenvalue weighted by Gasteiger charge is -2.27. The number of aromatic nitrogens is 2. The maximum absolute atomic E-state index is 13.1. The Bertz CT molecular complexity index is 1000. The standard InChI is InChI=1S/C22H30N4O3/c1-22(2,3)29-21(27)26(13-7-12-25(4)5)20-19-16-9-8-15(28-6)14-18(16)24-17(19)10-11-23-20/h8-11,14,24H,7,12-13H2,1-6H3. The van der Waals surface area contributed by atoms with Crippen molar-refractivity contribution in [3.05, 3.63) is 30.5 Å². The molecule has 0 spiro atoms. The number of hydrogen-bond acceptors (Lipinski definition) is 5. The van der Waals surface area contributed by atoms with Crippen molar-refractivity contribution in [3.8, 4) is 5.75 Å². The molecule has 0 aliphatic rings. The van der Waals surface area contributed by atoms with Crippen LogP contribution in [0.5, 0.6) is 5.75 Å². The van der Waals surface area contributed by atoms with Crippen LogP contribution < -0.4 is 9.64 Å². The van der Waals surface area contributed by atoms with Crippen LogP contribution in [0.3, 0.4) is 0 Å². The molecule has 156 valence electrons. The van der Waals surface area contributed by atoms with Gasteiger partial charge in [0, 0.05) is 24.2 Å². The maximum Gasteiger partial charge on any atom is 0.416 e. The highest BCUT2D eigenvalue weighted by Crippen LogP contribution is 2.34. The van der Waals surface area contributed by atoms with Crippen LogP contribution >= 0.6 is 0 Å². The van der Waals surface area contributed by atoms with Crippen molar-refractivity contribution in [2.24, 2.45) is 0 Å². The van der Waals surface area contributed by atoms with Gasteiger partial charge in [0.05, 0.1) is 23.5 Å². The number of carbonyl (C=O) groups is 1. The van der Waals surface area contributed by atoms with Gasteiger partial charge in [-0.1, -0.05) is 0 Å². The van der Waals surface area contributed by atoms with Gasteiger partial charge in [-0.05, 0) is 66.0 Å². The Balaban J connectivity index is 2.09. The van der Waals surface area contributed by atoms with Crippen LogP contribution in [-0.2, 0) is 4.74 Å². The zero-order chi connectivity index (χ0) is 21.2. The van der Waals surface area contributed by atoms with E-state index in [1.165, 1.54) is 0 Å². The van der Waals surface area contributed by atoms with Gasteiger partial charge in [0.15, 0.2) is 0 Å². The number of pyridine rings is 1. The van der Waals surface area contributed by atoms with Crippen LogP contribution in [0.2, 0.25) is 0 Å². The summed E-state index contributed by atoms with van der Waals surface area (Å²) in [5.41, 5.74) is 1.27. The monoisotopic (exact) mass is 398 g/mol. The van der Waals surface area contributed by atoms with Crippen molar-refractivity contribution in [1.82, 2.24) is 14.9 Å². The molecule has 7 nitrogen and oxygen atoms in total. The smallest absolute Gasteiger partial charge is 0.416 e. The average Bonchev–Trinajstić information content (AvgIpc) is 3.01. The summed E-state index contributed by atoms with van der Waals surface area (Å²) in [5.74, 6) is 1.38. The number of methoxy groups -OCH3 is 1. The molecular weight excluding hydrogens is 368 g/mol. The molecular formula is C22H30N4O3. The minimum Gasteiger partial charge on any atom is -0.497 e. The third-order valence-electron chi connectivity index (χ3n) is 4.55. The summed E-state index contributed by atoms with van der Waals surface area (Å²) >= 11 is 0. The molecule has 0 aliphatic heterocycles. The predicted octanol–water partition coefficient (Wildman–Crippen LogP) is 4.42. The molecule has 0 unspecified atom stereocenters. The number of aromatic amines is 1. The summed E-state index contributed by atoms with van der Waals surface area (Å²) in [6, 6.07) is 7.77. The van der Waals surface area contributed by atoms with Crippen molar-refractivity contribution >= 4 is 33.7 Å². The molecule has 0 saturated heterocycles. The van der Waals surface area contributed by atoms with Crippen LogP contribution in [0.4, 0.5) is 10.6 Å². The van der Waals surface area contributed by atoms with Crippen molar-refractivity contribution in [2.45, 2.75) is 32.8 Å². The highest BCUT2D eigenvalue weighted by Gasteiger charge is 2.26. The van der Waals surface area contributed by atoms with Gasteiger partial charge in [0.1, 0.15) is 17.2 Å². The van der Waals surface area contributed by atoms with E-state index in [-0.39, 0.29) is 6.09 Å². The summed E-state index contributed by atoms with van der Waals surface area (Å²) < 4.78 is 11.0. The molecule has 29 heavy (non-hydrogen) atoms. The largest absolute Gasteiger partial charge is 0.497 e. The van der Waals surface area contributed by atoms with Gasteiger partial charge < -0.3 is 19.4 Å². The number of fused-ring (bicyclic) bond motifs is 3. The molecule has 0 bridgehead atoms. The number of rotatable bonds is 6. The first-order chi connectivity index (χ1) is 13.7. The van der Waals surface area contributed by atoms with Crippen LogP contribution in [0.25, 0.3) is 21.8 Å². The molecule has 1 aromatic carbocycles. The molecule has 0 fully saturated rings. The zero-order valence-electron chi connectivity index (χ0n) is 18.1. The number of benzene rings is 1. The molecule has 1 amide bonds. The molecule has 3 rings (SSSR count). The fourth-order valence-electron chi connectivity index (χ4n) is 3.29. The highest BCUT2D eigenvalue weighted by atomic mass is 16.6. The van der Waals surface area contributed by atoms with E-state index in [4.69, 9.17) is 9.47 Å². The Morgan fingerprint density at radius 2 is 1.90 bits per heavy atom. The number of ether oxygens (including phenoxy) is 2. The van der Waals surface area contributed by atoms with Gasteiger partial charge in [-0.2, -0.15) is 0 Å². The predicted molar refractivity (Wildman–Crippen MR) is 117 cm³/mol. The Kier molecular flexibility index (Phi) is 5.98. The maximum atomic E-state index is 13.1. The molecule has 3 aromatic rings. The second-order valence-electron chi connectivity index (χ2n) is 8.38. The van der Waals surface area contributed by atoms with E-state index < -0.39 is 5.60 Å². The average molecular weight is 399 g/mol. The summed E-state index contributed by atoms with van der Waals surface area (Å²) in [6.45, 7) is 6.99. The van der Waals surface area contributed by atoms with Crippen LogP contribution in [-0.4, -0.2) is 60.9 Å². The van der Waals surface area contributed by atoms with Gasteiger partial charge in [-0.3, -0.25) is 4.90 Å². The fraction of sp³-hybridized carbons (Fsp3) is 0.455. The quantitative estimate of drug-likeness (QED) is 0.666. The minimum atomic E-state index is -0.585. The number of H-pyrrole nitrogens is 1. The number of nitrogens with zero attached hydrogens (tertiary/aromatic N) is 3. The zero-order valence-corrected chi connectivity index (χ0v) is 18.1. The highest BCUT2D eigenvalue weighted by molar-refractivity contribution is 6.14. The molecule has 7 heteroatoms. The molecule has 1 N–H and O–H groups in total. The number of anilines is 1. The van der Waals surface area contributed by atoms with Crippen LogP contribution in [0, 0.1) is 0 Å². The molecule has 0 saturated carbocycles. The number of amides is 1. The normalized spacial score (nSPS) is 12.0. The molecule has 2 heterocycles. The Morgan fingerprint density at radius 1 is 1.14 bits per heavy atom. The van der Waals surface area contributed by atoms with E-state index in [1.807, 2.05) is 59.1 Å². The summed E-state index contributed by atoms with van der Waals surface area (Å²) in [5, 5.41) is 1.89. The lowest BCUT2D eigenvalue weighted by Crippen LogP contribution is -2.38. The molecule has 0 aliphatic carbocycles. The van der Waals surface area contributed by atoms with Crippen LogP contribution in [0.1, 0.15) is 27.2 Å². The van der Waals surface area contributed by atoms with Crippen molar-refractivity contribution in [1.29, 1.82) is 0 Å². The third kappa shape index (κ3) is 4.79. The van der Waals surface area contributed by atoms with Crippen molar-refractivity contribution in [3.63, 3.8) is 0 Å². The first-order valence-electron chi connectivity index (χ1n) is 9.79. The van der Waals surface area contributed by atoms with Crippen molar-refractivity contribution in [2.75, 3.05) is 39.2 Å². The Labute approximate surface area is 171 Å². The van der Waals surface area contributed by atoms with E-state index in [9.17, 15) is 4.79 Å². The number of nitrogens with one attached hydrogen (secondary N) is 1. The van der Waals surface area contributed by atoms with E-state index >= 15 is 0 Å². The number of carbonyl (C=O) groups excluding carboxylic acids is 1. The molecule has 0 radical (unpaired) electrons. The summed E-state index contributed by atoms with van der Waals surface area (Å²) in [4.78, 5) is 24.8. The van der Waals surface area contributed by atoms with Gasteiger partial charge in [-0.15, -0.1) is 0 Å². The summed E-state index contributed by atoms with van der Waals surface area (Å²) in [7, 11) is 5.68. The van der Waals surface area contributed by atoms with Gasteiger partial charge >= 0.3 is 6.09 Å². The first kappa shape index (κ1) is 20.9. The van der Waals surface area contributed by atoms with Gasteiger partial charge in [0.2, 0.25) is 0 Å². The van der Waals surface area contributed by atoms with Crippen LogP contribution in [0.15, 0.2) is 30.5 Å². The Hall–Kier alpha value is -2.80. The first-order valence-corrected chi connectivity index (χ1v) is 9.79. The van der Waals surface area contributed by atoms with E-state index in [0.29, 0.717) is 12.4 Å². The molecule has 2 aromatic heterocycles. The fourth-order valence-corrected chi connectivity index (χ4v) is 3.29. The van der Waals surface area contributed by atoms with Gasteiger partial charge in [-0.25, -0.2) is 9.78 Å². The second-order valence-corrected chi connectivity index (χ2v) is 8.38. The Morgan fingerprint density at radius 3 is 2.55 bits per heavy atom. The van der Waals surface area contributed by atoms with Gasteiger partial charge in [0.25, 0.3) is 0 Å². The number of hydrogen-bond donors (Lipinski definition) is 1. The van der Waals surface area contributed by atoms with Crippen molar-refractivity contribution < 1.29 is 14.3 Å². The SMILES string of the molecule is COc1ccc2c(c1)[nH]c1ccnc(N(CCCN(C)C)C(=O)OC(C)(C)C)c12.